The maximum atomic E-state index is 5.59. The Morgan fingerprint density at radius 2 is 2.06 bits per heavy atom. The third-order valence-corrected chi connectivity index (χ3v) is 2.70. The van der Waals surface area contributed by atoms with Crippen molar-refractivity contribution in [2.24, 2.45) is 0 Å². The van der Waals surface area contributed by atoms with Gasteiger partial charge in [0.05, 0.1) is 11.4 Å². The minimum atomic E-state index is 0.284. The van der Waals surface area contributed by atoms with Gasteiger partial charge in [-0.05, 0) is 31.2 Å². The minimum Gasteiger partial charge on any atom is -0.366 e. The van der Waals surface area contributed by atoms with Crippen molar-refractivity contribution in [1.82, 2.24) is 19.6 Å². The number of anilines is 1. The number of aryl methyl sites for hydroxylation is 1. The van der Waals surface area contributed by atoms with Crippen LogP contribution in [0.4, 0.5) is 5.95 Å². The highest BCUT2D eigenvalue weighted by atomic mass is 15.3. The van der Waals surface area contributed by atoms with Gasteiger partial charge in [0, 0.05) is 11.8 Å². The second-order valence-corrected chi connectivity index (χ2v) is 3.79. The molecule has 0 aliphatic heterocycles. The lowest BCUT2D eigenvalue weighted by Gasteiger charge is -2.05. The number of nitrogens with zero attached hydrogens (tertiary/aromatic N) is 4. The first kappa shape index (κ1) is 9.77. The van der Waals surface area contributed by atoms with Crippen molar-refractivity contribution in [1.29, 1.82) is 0 Å². The molecule has 5 nitrogen and oxygen atoms in total. The van der Waals surface area contributed by atoms with Crippen LogP contribution in [0.5, 0.6) is 0 Å². The van der Waals surface area contributed by atoms with Crippen LogP contribution in [0.15, 0.2) is 36.5 Å². The average Bonchev–Trinajstić information content (AvgIpc) is 2.72. The number of hydrogen-bond donors (Lipinski definition) is 1. The van der Waals surface area contributed by atoms with E-state index in [4.69, 9.17) is 5.73 Å². The van der Waals surface area contributed by atoms with Crippen LogP contribution in [0.3, 0.4) is 0 Å². The summed E-state index contributed by atoms with van der Waals surface area (Å²) < 4.78 is 1.74. The Hall–Kier alpha value is -2.43. The summed E-state index contributed by atoms with van der Waals surface area (Å²) in [6.45, 7) is 1.98. The van der Waals surface area contributed by atoms with Crippen LogP contribution in [0.25, 0.3) is 16.9 Å². The van der Waals surface area contributed by atoms with Crippen LogP contribution in [0, 0.1) is 6.92 Å². The zero-order chi connectivity index (χ0) is 11.8. The van der Waals surface area contributed by atoms with Gasteiger partial charge < -0.3 is 5.73 Å². The Labute approximate surface area is 97.9 Å². The first-order valence-electron chi connectivity index (χ1n) is 5.29. The summed E-state index contributed by atoms with van der Waals surface area (Å²) in [7, 11) is 0. The Morgan fingerprint density at radius 3 is 2.82 bits per heavy atom. The molecule has 0 spiro atoms. The number of fused-ring (bicyclic) bond motifs is 1. The van der Waals surface area contributed by atoms with Gasteiger partial charge in [-0.25, -0.2) is 4.52 Å². The van der Waals surface area contributed by atoms with E-state index < -0.39 is 0 Å². The molecule has 17 heavy (non-hydrogen) atoms. The second kappa shape index (κ2) is 3.55. The summed E-state index contributed by atoms with van der Waals surface area (Å²) in [5.41, 5.74) is 9.26. The predicted molar refractivity (Wildman–Crippen MR) is 65.4 cm³/mol. The number of nitrogen functional groups attached to an aromatic ring is 1. The van der Waals surface area contributed by atoms with Gasteiger partial charge in [0.1, 0.15) is 0 Å². The SMILES string of the molecule is Cc1c(-c2ccccn2)ccc2nc(N)nn12. The molecule has 3 rings (SSSR count). The molecule has 3 heterocycles. The lowest BCUT2D eigenvalue weighted by Crippen LogP contribution is -1.97. The van der Waals surface area contributed by atoms with Crippen molar-refractivity contribution in [3.05, 3.63) is 42.2 Å². The van der Waals surface area contributed by atoms with Gasteiger partial charge in [0.2, 0.25) is 5.95 Å². The number of aromatic nitrogens is 4. The highest BCUT2D eigenvalue weighted by molar-refractivity contribution is 5.64. The normalized spacial score (nSPS) is 10.9. The van der Waals surface area contributed by atoms with E-state index >= 15 is 0 Å². The molecule has 3 aromatic rings. The van der Waals surface area contributed by atoms with Crippen molar-refractivity contribution in [3.63, 3.8) is 0 Å². The van der Waals surface area contributed by atoms with Crippen molar-refractivity contribution in [2.75, 3.05) is 5.73 Å². The molecule has 0 amide bonds. The Morgan fingerprint density at radius 1 is 1.18 bits per heavy atom. The fourth-order valence-corrected chi connectivity index (χ4v) is 1.88. The van der Waals surface area contributed by atoms with Crippen molar-refractivity contribution in [3.8, 4) is 11.3 Å². The third kappa shape index (κ3) is 1.52. The Bertz CT molecular complexity index is 672. The molecule has 0 bridgehead atoms. The standard InChI is InChI=1S/C12H11N5/c1-8-9(10-4-2-3-7-14-10)5-6-11-15-12(13)16-17(8)11/h2-7H,1H3,(H2,13,16). The fourth-order valence-electron chi connectivity index (χ4n) is 1.88. The molecule has 0 radical (unpaired) electrons. The van der Waals surface area contributed by atoms with Crippen molar-refractivity contribution >= 4 is 11.6 Å². The third-order valence-electron chi connectivity index (χ3n) is 2.70. The smallest absolute Gasteiger partial charge is 0.240 e. The van der Waals surface area contributed by atoms with E-state index in [-0.39, 0.29) is 5.95 Å². The van der Waals surface area contributed by atoms with Gasteiger partial charge in [0.25, 0.3) is 0 Å². The first-order chi connectivity index (χ1) is 8.25. The summed E-state index contributed by atoms with van der Waals surface area (Å²) in [5.74, 6) is 0.284. The van der Waals surface area contributed by atoms with Crippen LogP contribution in [-0.2, 0) is 0 Å². The predicted octanol–water partition coefficient (Wildman–Crippen LogP) is 1.68. The minimum absolute atomic E-state index is 0.284. The lowest BCUT2D eigenvalue weighted by molar-refractivity contribution is 0.921. The number of rotatable bonds is 1. The van der Waals surface area contributed by atoms with E-state index in [1.807, 2.05) is 37.3 Å². The maximum absolute atomic E-state index is 5.59. The van der Waals surface area contributed by atoms with Gasteiger partial charge in [0.15, 0.2) is 5.65 Å². The van der Waals surface area contributed by atoms with Gasteiger partial charge >= 0.3 is 0 Å². The molecule has 0 fully saturated rings. The molecule has 0 saturated heterocycles. The second-order valence-electron chi connectivity index (χ2n) is 3.79. The fraction of sp³-hybridized carbons (Fsp3) is 0.0833. The van der Waals surface area contributed by atoms with Crippen LogP contribution >= 0.6 is 0 Å². The van der Waals surface area contributed by atoms with E-state index in [9.17, 15) is 0 Å². The monoisotopic (exact) mass is 225 g/mol. The molecule has 2 N–H and O–H groups in total. The molecule has 5 heteroatoms. The topological polar surface area (TPSA) is 69.1 Å². The molecule has 84 valence electrons. The zero-order valence-electron chi connectivity index (χ0n) is 9.33. The van der Waals surface area contributed by atoms with E-state index in [0.717, 1.165) is 22.6 Å². The summed E-state index contributed by atoms with van der Waals surface area (Å²) in [6, 6.07) is 9.70. The van der Waals surface area contributed by atoms with E-state index in [1.54, 1.807) is 10.7 Å². The van der Waals surface area contributed by atoms with Crippen molar-refractivity contribution < 1.29 is 0 Å². The highest BCUT2D eigenvalue weighted by Gasteiger charge is 2.08. The van der Waals surface area contributed by atoms with E-state index in [2.05, 4.69) is 15.1 Å². The van der Waals surface area contributed by atoms with Crippen LogP contribution < -0.4 is 5.73 Å². The van der Waals surface area contributed by atoms with Gasteiger partial charge in [-0.2, -0.15) is 4.98 Å². The summed E-state index contributed by atoms with van der Waals surface area (Å²) >= 11 is 0. The van der Waals surface area contributed by atoms with Crippen LogP contribution in [-0.4, -0.2) is 19.6 Å². The molecule has 0 aliphatic carbocycles. The number of nitrogens with two attached hydrogens (primary N) is 1. The molecule has 0 aliphatic rings. The lowest BCUT2D eigenvalue weighted by atomic mass is 10.1. The highest BCUT2D eigenvalue weighted by Crippen LogP contribution is 2.21. The molecule has 0 saturated carbocycles. The molecule has 0 aromatic carbocycles. The van der Waals surface area contributed by atoms with Gasteiger partial charge in [-0.1, -0.05) is 6.07 Å². The zero-order valence-corrected chi connectivity index (χ0v) is 9.33. The summed E-state index contributed by atoms with van der Waals surface area (Å²) in [5, 5.41) is 4.15. The first-order valence-corrected chi connectivity index (χ1v) is 5.29. The summed E-state index contributed by atoms with van der Waals surface area (Å²) in [4.78, 5) is 8.45. The maximum Gasteiger partial charge on any atom is 0.240 e. The molecule has 0 atom stereocenters. The number of pyridine rings is 2. The van der Waals surface area contributed by atoms with E-state index in [0.29, 0.717) is 0 Å². The van der Waals surface area contributed by atoms with Gasteiger partial charge in [-0.15, -0.1) is 5.10 Å². The van der Waals surface area contributed by atoms with Crippen LogP contribution in [0.2, 0.25) is 0 Å². The number of hydrogen-bond acceptors (Lipinski definition) is 4. The Kier molecular flexibility index (Phi) is 2.04. The van der Waals surface area contributed by atoms with Gasteiger partial charge in [-0.3, -0.25) is 4.98 Å². The molecule has 0 unspecified atom stereocenters. The van der Waals surface area contributed by atoms with Crippen molar-refractivity contribution in [2.45, 2.75) is 6.92 Å². The molecular formula is C12H11N5. The average molecular weight is 225 g/mol. The quantitative estimate of drug-likeness (QED) is 0.684. The van der Waals surface area contributed by atoms with E-state index in [1.165, 1.54) is 0 Å². The summed E-state index contributed by atoms with van der Waals surface area (Å²) in [6.07, 6.45) is 1.77. The largest absolute Gasteiger partial charge is 0.366 e. The Balaban J connectivity index is 2.28. The molecular weight excluding hydrogens is 214 g/mol. The van der Waals surface area contributed by atoms with Crippen LogP contribution in [0.1, 0.15) is 5.69 Å². The molecule has 3 aromatic heterocycles.